The zero-order chi connectivity index (χ0) is 25.4. The molecule has 1 atom stereocenters. The van der Waals surface area contributed by atoms with Crippen LogP contribution in [0.4, 0.5) is 17.1 Å². The molecule has 2 aromatic rings. The van der Waals surface area contributed by atoms with Crippen LogP contribution in [0.2, 0.25) is 0 Å². The maximum atomic E-state index is 13.7. The van der Waals surface area contributed by atoms with Crippen molar-refractivity contribution in [2.24, 2.45) is 5.41 Å². The molecule has 1 unspecified atom stereocenters. The molecule has 1 saturated heterocycles. The Morgan fingerprint density at radius 3 is 2.50 bits per heavy atom. The van der Waals surface area contributed by atoms with E-state index < -0.39 is 11.0 Å². The van der Waals surface area contributed by atoms with E-state index in [0.717, 1.165) is 22.6 Å². The molecule has 9 nitrogen and oxygen atoms in total. The van der Waals surface area contributed by atoms with Crippen molar-refractivity contribution in [3.63, 3.8) is 0 Å². The van der Waals surface area contributed by atoms with Crippen LogP contribution in [0, 0.1) is 15.5 Å². The highest BCUT2D eigenvalue weighted by atomic mass is 16.6. The van der Waals surface area contributed by atoms with E-state index in [1.54, 1.807) is 17.0 Å². The van der Waals surface area contributed by atoms with E-state index in [2.05, 4.69) is 19.2 Å². The van der Waals surface area contributed by atoms with Gasteiger partial charge in [0.15, 0.2) is 5.78 Å². The number of para-hydroxylation sites is 2. The molecule has 36 heavy (non-hydrogen) atoms. The number of Topliss-reactive ketones (excluding diaryl/α,β-unsaturated/α-hetero) is 1. The van der Waals surface area contributed by atoms with Crippen LogP contribution < -0.4 is 10.2 Å². The van der Waals surface area contributed by atoms with E-state index in [1.807, 2.05) is 29.2 Å². The summed E-state index contributed by atoms with van der Waals surface area (Å²) >= 11 is 0. The molecule has 1 N–H and O–H groups in total. The number of fused-ring (bicyclic) bond motifs is 1. The molecule has 1 fully saturated rings. The average molecular weight is 491 g/mol. The second kappa shape index (κ2) is 9.39. The van der Waals surface area contributed by atoms with Crippen LogP contribution in [-0.4, -0.2) is 54.4 Å². The lowest BCUT2D eigenvalue weighted by molar-refractivity contribution is -0.384. The minimum Gasteiger partial charge on any atom is -0.378 e. The summed E-state index contributed by atoms with van der Waals surface area (Å²) in [6.45, 7) is 6.26. The first-order valence-corrected chi connectivity index (χ1v) is 12.2. The minimum absolute atomic E-state index is 0.0212. The number of benzene rings is 2. The summed E-state index contributed by atoms with van der Waals surface area (Å²) in [7, 11) is 0. The second-order valence-electron chi connectivity index (χ2n) is 10.3. The normalized spacial score (nSPS) is 21.3. The third-order valence-electron chi connectivity index (χ3n) is 7.09. The predicted octanol–water partition coefficient (Wildman–Crippen LogP) is 4.07. The predicted molar refractivity (Wildman–Crippen MR) is 136 cm³/mol. The maximum absolute atomic E-state index is 13.7. The summed E-state index contributed by atoms with van der Waals surface area (Å²) in [6, 6.07) is 13.5. The Balaban J connectivity index is 1.66. The van der Waals surface area contributed by atoms with Gasteiger partial charge in [0.05, 0.1) is 42.1 Å². The molecule has 1 aliphatic carbocycles. The SMILES string of the molecule is CC1(C)CC(=O)C2=C(C1)Nc1ccccc1N(CC(=O)N1CCOCC1)C2c1ccc([N+](=O)[O-])cc1. The first-order valence-electron chi connectivity index (χ1n) is 12.2. The molecule has 2 aromatic carbocycles. The van der Waals surface area contributed by atoms with Crippen molar-refractivity contribution in [2.75, 3.05) is 43.1 Å². The third kappa shape index (κ3) is 4.58. The van der Waals surface area contributed by atoms with Crippen molar-refractivity contribution in [2.45, 2.75) is 32.7 Å². The number of carbonyl (C=O) groups is 2. The number of anilines is 2. The van der Waals surface area contributed by atoms with E-state index in [9.17, 15) is 19.7 Å². The van der Waals surface area contributed by atoms with Crippen LogP contribution in [0.15, 0.2) is 59.8 Å². The average Bonchev–Trinajstić information content (AvgIpc) is 2.98. The van der Waals surface area contributed by atoms with Gasteiger partial charge in [0.2, 0.25) is 5.91 Å². The van der Waals surface area contributed by atoms with Gasteiger partial charge in [-0.2, -0.15) is 0 Å². The molecule has 3 aliphatic rings. The summed E-state index contributed by atoms with van der Waals surface area (Å²) in [4.78, 5) is 41.8. The second-order valence-corrected chi connectivity index (χ2v) is 10.3. The van der Waals surface area contributed by atoms with Gasteiger partial charge in [0, 0.05) is 42.9 Å². The molecular weight excluding hydrogens is 460 g/mol. The van der Waals surface area contributed by atoms with Crippen molar-refractivity contribution in [1.82, 2.24) is 4.90 Å². The zero-order valence-electron chi connectivity index (χ0n) is 20.5. The Morgan fingerprint density at radius 2 is 1.81 bits per heavy atom. The Hall–Kier alpha value is -3.72. The van der Waals surface area contributed by atoms with E-state index in [-0.39, 0.29) is 29.3 Å². The smallest absolute Gasteiger partial charge is 0.269 e. The maximum Gasteiger partial charge on any atom is 0.269 e. The summed E-state index contributed by atoms with van der Waals surface area (Å²) < 4.78 is 5.42. The number of nitrogens with zero attached hydrogens (tertiary/aromatic N) is 3. The van der Waals surface area contributed by atoms with Gasteiger partial charge in [-0.3, -0.25) is 19.7 Å². The summed E-state index contributed by atoms with van der Waals surface area (Å²) in [5.74, 6) is -0.0265. The molecule has 0 bridgehead atoms. The van der Waals surface area contributed by atoms with E-state index in [1.165, 1.54) is 12.1 Å². The largest absolute Gasteiger partial charge is 0.378 e. The van der Waals surface area contributed by atoms with Gasteiger partial charge in [-0.1, -0.05) is 26.0 Å². The topological polar surface area (TPSA) is 105 Å². The molecule has 0 radical (unpaired) electrons. The van der Waals surface area contributed by atoms with E-state index >= 15 is 0 Å². The summed E-state index contributed by atoms with van der Waals surface area (Å²) in [5, 5.41) is 14.8. The Morgan fingerprint density at radius 1 is 1.11 bits per heavy atom. The van der Waals surface area contributed by atoms with Gasteiger partial charge in [0.25, 0.3) is 5.69 Å². The number of carbonyl (C=O) groups excluding carboxylic acids is 2. The molecule has 5 rings (SSSR count). The van der Waals surface area contributed by atoms with Crippen LogP contribution in [0.1, 0.15) is 38.3 Å². The van der Waals surface area contributed by atoms with Crippen molar-refractivity contribution in [3.05, 3.63) is 75.5 Å². The monoisotopic (exact) mass is 490 g/mol. The number of rotatable bonds is 4. The van der Waals surface area contributed by atoms with E-state index in [0.29, 0.717) is 44.7 Å². The number of amides is 1. The molecule has 188 valence electrons. The van der Waals surface area contributed by atoms with Crippen molar-refractivity contribution >= 4 is 28.8 Å². The molecule has 0 saturated carbocycles. The molecule has 0 aromatic heterocycles. The van der Waals surface area contributed by atoms with Gasteiger partial charge >= 0.3 is 0 Å². The molecular formula is C27H30N4O5. The van der Waals surface area contributed by atoms with Crippen LogP contribution >= 0.6 is 0 Å². The van der Waals surface area contributed by atoms with Gasteiger partial charge in [-0.25, -0.2) is 0 Å². The summed E-state index contributed by atoms with van der Waals surface area (Å²) in [5.41, 5.74) is 3.60. The quantitative estimate of drug-likeness (QED) is 0.509. The number of hydrogen-bond donors (Lipinski definition) is 1. The van der Waals surface area contributed by atoms with Crippen LogP contribution in [0.3, 0.4) is 0 Å². The standard InChI is InChI=1S/C27H30N4O5/c1-27(2)15-21-25(23(32)16-27)26(18-7-9-19(10-8-18)31(34)35)30(22-6-4-3-5-20(22)28-21)17-24(33)29-11-13-36-14-12-29/h3-10,26,28H,11-17H2,1-2H3. The highest BCUT2D eigenvalue weighted by molar-refractivity contribution is 6.01. The number of allylic oxidation sites excluding steroid dienone is 1. The number of non-ortho nitro benzene ring substituents is 1. The number of hydrogen-bond acceptors (Lipinski definition) is 7. The lowest BCUT2D eigenvalue weighted by atomic mass is 9.73. The first-order chi connectivity index (χ1) is 17.2. The van der Waals surface area contributed by atoms with Gasteiger partial charge in [-0.15, -0.1) is 0 Å². The number of ether oxygens (including phenoxy) is 1. The zero-order valence-corrected chi connectivity index (χ0v) is 20.5. The van der Waals surface area contributed by atoms with Crippen LogP contribution in [-0.2, 0) is 14.3 Å². The Bertz CT molecular complexity index is 1230. The number of nitro groups is 1. The Labute approximate surface area is 209 Å². The van der Waals surface area contributed by atoms with Crippen molar-refractivity contribution in [1.29, 1.82) is 0 Å². The van der Waals surface area contributed by atoms with E-state index in [4.69, 9.17) is 4.74 Å². The van der Waals surface area contributed by atoms with Crippen molar-refractivity contribution in [3.8, 4) is 0 Å². The van der Waals surface area contributed by atoms with Crippen LogP contribution in [0.5, 0.6) is 0 Å². The first kappa shape index (κ1) is 24.0. The van der Waals surface area contributed by atoms with Gasteiger partial charge in [0.1, 0.15) is 0 Å². The highest BCUT2D eigenvalue weighted by Gasteiger charge is 2.42. The van der Waals surface area contributed by atoms with Gasteiger partial charge < -0.3 is 19.9 Å². The molecule has 0 spiro atoms. The fraction of sp³-hybridized carbons (Fsp3) is 0.407. The molecule has 2 heterocycles. The lowest BCUT2D eigenvalue weighted by Gasteiger charge is -2.38. The number of nitrogens with one attached hydrogen (secondary N) is 1. The number of morpholine rings is 1. The number of ketones is 1. The fourth-order valence-corrected chi connectivity index (χ4v) is 5.41. The number of nitro benzene ring substituents is 1. The van der Waals surface area contributed by atoms with Gasteiger partial charge in [-0.05, 0) is 41.7 Å². The third-order valence-corrected chi connectivity index (χ3v) is 7.09. The highest BCUT2D eigenvalue weighted by Crippen LogP contribution is 2.48. The Kier molecular flexibility index (Phi) is 6.26. The molecule has 2 aliphatic heterocycles. The molecule has 1 amide bonds. The molecule has 9 heteroatoms. The van der Waals surface area contributed by atoms with Crippen molar-refractivity contribution < 1.29 is 19.2 Å². The summed E-state index contributed by atoms with van der Waals surface area (Å²) in [6.07, 6.45) is 1.07. The minimum atomic E-state index is -0.564. The lowest BCUT2D eigenvalue weighted by Crippen LogP contribution is -2.47. The van der Waals surface area contributed by atoms with Crippen LogP contribution in [0.25, 0.3) is 0 Å². The fourth-order valence-electron chi connectivity index (χ4n) is 5.41.